The van der Waals surface area contributed by atoms with Crippen LogP contribution < -0.4 is 5.32 Å². The van der Waals surface area contributed by atoms with E-state index < -0.39 is 35.4 Å². The molecule has 2 saturated heterocycles. The van der Waals surface area contributed by atoms with Gasteiger partial charge in [-0.1, -0.05) is 24.0 Å². The molecule has 0 radical (unpaired) electrons. The molecule has 2 heterocycles. The summed E-state index contributed by atoms with van der Waals surface area (Å²) >= 11 is 1.06. The Morgan fingerprint density at radius 2 is 1.65 bits per heavy atom. The second-order valence-electron chi connectivity index (χ2n) is 9.80. The van der Waals surface area contributed by atoms with Crippen LogP contribution in [0.2, 0.25) is 0 Å². The van der Waals surface area contributed by atoms with Gasteiger partial charge in [-0.25, -0.2) is 9.59 Å². The zero-order valence-corrected chi connectivity index (χ0v) is 23.3. The van der Waals surface area contributed by atoms with Crippen LogP contribution in [0.25, 0.3) is 0 Å². The highest BCUT2D eigenvalue weighted by Gasteiger charge is 2.38. The number of amides is 1. The van der Waals surface area contributed by atoms with Gasteiger partial charge in [-0.3, -0.25) is 14.7 Å². The number of likely N-dealkylation sites (tertiary alicyclic amines) is 1. The molecule has 1 aromatic rings. The van der Waals surface area contributed by atoms with E-state index in [2.05, 4.69) is 22.2 Å². The summed E-state index contributed by atoms with van der Waals surface area (Å²) in [6.07, 6.45) is -3.10. The van der Waals surface area contributed by atoms with Crippen molar-refractivity contribution in [1.82, 2.24) is 10.2 Å². The predicted octanol–water partition coefficient (Wildman–Crippen LogP) is 5.80. The van der Waals surface area contributed by atoms with E-state index >= 15 is 0 Å². The van der Waals surface area contributed by atoms with E-state index in [-0.39, 0.29) is 29.3 Å². The minimum absolute atomic E-state index is 0.0859. The van der Waals surface area contributed by atoms with Gasteiger partial charge in [0.2, 0.25) is 0 Å². The number of piperidine rings is 1. The molecular formula is C28H27F6N3O5S. The summed E-state index contributed by atoms with van der Waals surface area (Å²) in [5.41, 5.74) is -2.74. The molecule has 232 valence electrons. The van der Waals surface area contributed by atoms with Crippen LogP contribution in [0.3, 0.4) is 0 Å². The maximum absolute atomic E-state index is 13.4. The molecule has 2 aliphatic heterocycles. The number of halogens is 6. The minimum Gasteiger partial charge on any atom is -0.478 e. The van der Waals surface area contributed by atoms with Gasteiger partial charge in [0.05, 0.1) is 16.0 Å². The van der Waals surface area contributed by atoms with Gasteiger partial charge in [-0.05, 0) is 74.1 Å². The van der Waals surface area contributed by atoms with Crippen molar-refractivity contribution in [3.8, 4) is 11.8 Å². The number of amidine groups is 1. The lowest BCUT2D eigenvalue weighted by molar-refractivity contribution is -0.143. The van der Waals surface area contributed by atoms with Crippen LogP contribution in [-0.4, -0.2) is 57.8 Å². The van der Waals surface area contributed by atoms with Crippen molar-refractivity contribution in [2.45, 2.75) is 44.6 Å². The number of aliphatic imine (C=N–C) groups is 1. The number of carboxylic acids is 2. The number of allylic oxidation sites excluding steroid dienone is 1. The third-order valence-electron chi connectivity index (χ3n) is 6.38. The molecule has 0 spiro atoms. The molecule has 8 nitrogen and oxygen atoms in total. The third kappa shape index (κ3) is 11.4. The third-order valence-corrected chi connectivity index (χ3v) is 7.22. The van der Waals surface area contributed by atoms with Crippen LogP contribution in [0.5, 0.6) is 0 Å². The van der Waals surface area contributed by atoms with E-state index in [0.29, 0.717) is 62.4 Å². The summed E-state index contributed by atoms with van der Waals surface area (Å²) in [5.74, 6) is 4.66. The molecule has 3 aliphatic rings. The molecule has 0 aromatic heterocycles. The summed E-state index contributed by atoms with van der Waals surface area (Å²) in [7, 11) is 0. The van der Waals surface area contributed by atoms with Crippen molar-refractivity contribution < 1.29 is 50.9 Å². The van der Waals surface area contributed by atoms with E-state index in [1.165, 1.54) is 0 Å². The molecule has 1 aromatic carbocycles. The molecule has 1 aliphatic carbocycles. The van der Waals surface area contributed by atoms with Crippen LogP contribution in [0.4, 0.5) is 31.1 Å². The Bertz CT molecular complexity index is 1350. The maximum Gasteiger partial charge on any atom is 0.416 e. The second kappa shape index (κ2) is 14.6. The number of carbonyl (C=O) groups excluding carboxylic acids is 1. The Kier molecular flexibility index (Phi) is 11.5. The molecule has 3 N–H and O–H groups in total. The first-order valence-electron chi connectivity index (χ1n) is 13.0. The lowest BCUT2D eigenvalue weighted by atomic mass is 9.95. The number of aliphatic carboxylic acids is 2. The number of nitrogens with one attached hydrogen (secondary N) is 1. The monoisotopic (exact) mass is 631 g/mol. The Morgan fingerprint density at radius 1 is 1.02 bits per heavy atom. The Labute approximate surface area is 246 Å². The van der Waals surface area contributed by atoms with Gasteiger partial charge in [0.25, 0.3) is 5.24 Å². The van der Waals surface area contributed by atoms with E-state index in [9.17, 15) is 40.7 Å². The average molecular weight is 632 g/mol. The number of benzene rings is 1. The molecular weight excluding hydrogens is 604 g/mol. The number of hydrogen-bond acceptors (Lipinski definition) is 6. The molecule has 1 amide bonds. The zero-order chi connectivity index (χ0) is 31.8. The highest BCUT2D eigenvalue weighted by atomic mass is 32.2. The number of hydrogen-bond donors (Lipinski definition) is 3. The molecule has 0 bridgehead atoms. The fourth-order valence-corrected chi connectivity index (χ4v) is 4.95. The van der Waals surface area contributed by atoms with Crippen molar-refractivity contribution >= 4 is 34.8 Å². The van der Waals surface area contributed by atoms with E-state index in [1.807, 2.05) is 6.08 Å². The largest absolute Gasteiger partial charge is 0.478 e. The van der Waals surface area contributed by atoms with Crippen LogP contribution in [-0.2, 0) is 28.5 Å². The quantitative estimate of drug-likeness (QED) is 0.206. The van der Waals surface area contributed by atoms with Crippen LogP contribution in [0.15, 0.2) is 46.3 Å². The van der Waals surface area contributed by atoms with E-state index in [4.69, 9.17) is 10.2 Å². The fraction of sp³-hybridized carbons (Fsp3) is 0.429. The number of carboxylic acid groups (broad SMARTS) is 2. The van der Waals surface area contributed by atoms with Crippen LogP contribution >= 0.6 is 11.8 Å². The van der Waals surface area contributed by atoms with Gasteiger partial charge in [0, 0.05) is 24.6 Å². The molecule has 0 atom stereocenters. The lowest BCUT2D eigenvalue weighted by Gasteiger charge is -2.31. The smallest absolute Gasteiger partial charge is 0.416 e. The number of carbonyl (C=O) groups is 3. The van der Waals surface area contributed by atoms with Crippen molar-refractivity contribution in [2.75, 3.05) is 19.6 Å². The van der Waals surface area contributed by atoms with Crippen molar-refractivity contribution in [2.24, 2.45) is 16.8 Å². The molecule has 4 rings (SSSR count). The van der Waals surface area contributed by atoms with Crippen molar-refractivity contribution in [3.63, 3.8) is 0 Å². The molecule has 43 heavy (non-hydrogen) atoms. The summed E-state index contributed by atoms with van der Waals surface area (Å²) in [6, 6.07) is 1.80. The van der Waals surface area contributed by atoms with Crippen molar-refractivity contribution in [1.29, 1.82) is 0 Å². The summed E-state index contributed by atoms with van der Waals surface area (Å²) in [4.78, 5) is 37.8. The van der Waals surface area contributed by atoms with Crippen LogP contribution in [0.1, 0.15) is 42.4 Å². The SMILES string of the molecule is O=C(O)/C=C\C(=O)O.O=C1NC(=NCC#CC2CC2)/C(=C/C2CCN(Cc3ccc(C(F)(F)F)cc3C(F)(F)F)CC2)S1. The minimum atomic E-state index is -4.88. The first-order valence-corrected chi connectivity index (χ1v) is 13.8. The predicted molar refractivity (Wildman–Crippen MR) is 146 cm³/mol. The summed E-state index contributed by atoms with van der Waals surface area (Å²) < 4.78 is 79.0. The van der Waals surface area contributed by atoms with Gasteiger partial charge in [-0.15, -0.1) is 0 Å². The highest BCUT2D eigenvalue weighted by Crippen LogP contribution is 2.38. The number of thioether (sulfide) groups is 1. The molecule has 1 saturated carbocycles. The molecule has 15 heteroatoms. The Balaban J connectivity index is 0.000000557. The zero-order valence-electron chi connectivity index (χ0n) is 22.5. The number of rotatable bonds is 6. The Hall–Kier alpha value is -3.77. The average Bonchev–Trinajstić information content (AvgIpc) is 3.67. The van der Waals surface area contributed by atoms with Crippen molar-refractivity contribution in [3.05, 3.63) is 58.0 Å². The lowest BCUT2D eigenvalue weighted by Crippen LogP contribution is -2.33. The first kappa shape index (κ1) is 33.7. The van der Waals surface area contributed by atoms with E-state index in [1.54, 1.807) is 4.90 Å². The van der Waals surface area contributed by atoms with Gasteiger partial charge >= 0.3 is 24.3 Å². The molecule has 3 fully saturated rings. The number of nitrogens with zero attached hydrogens (tertiary/aromatic N) is 2. The maximum atomic E-state index is 13.4. The van der Waals surface area contributed by atoms with E-state index in [0.717, 1.165) is 35.6 Å². The fourth-order valence-electron chi connectivity index (χ4n) is 4.13. The van der Waals surface area contributed by atoms with Gasteiger partial charge in [0.15, 0.2) is 0 Å². The molecule has 0 unspecified atom stereocenters. The topological polar surface area (TPSA) is 119 Å². The van der Waals surface area contributed by atoms with Crippen LogP contribution in [0, 0.1) is 23.7 Å². The van der Waals surface area contributed by atoms with Gasteiger partial charge < -0.3 is 15.5 Å². The first-order chi connectivity index (χ1) is 20.1. The summed E-state index contributed by atoms with van der Waals surface area (Å²) in [5, 5.41) is 18.1. The van der Waals surface area contributed by atoms with Gasteiger partial charge in [0.1, 0.15) is 12.4 Å². The van der Waals surface area contributed by atoms with Gasteiger partial charge in [-0.2, -0.15) is 26.3 Å². The highest BCUT2D eigenvalue weighted by molar-refractivity contribution is 8.18. The standard InChI is InChI=1S/C24H23F6N3OS.C4H4O4/c25-23(26,27)18-6-5-17(19(13-18)24(28,29)30)14-33-10-7-16(8-11-33)12-20-21(32-22(34)35-20)31-9-1-2-15-3-4-15;5-3(6)1-2-4(7)8/h5-6,12-13,15-16H,3-4,7-11,14H2,(H,31,32,34);1-2H,(H,5,6)(H,7,8)/b20-12-;2-1-. The number of alkyl halides is 6. The Morgan fingerprint density at radius 3 is 2.19 bits per heavy atom. The normalized spacial score (nSPS) is 20.0. The summed E-state index contributed by atoms with van der Waals surface area (Å²) in [6.45, 7) is 1.19. The second-order valence-corrected chi connectivity index (χ2v) is 10.8.